The van der Waals surface area contributed by atoms with Crippen molar-refractivity contribution in [3.8, 4) is 5.75 Å². The molecule has 0 saturated carbocycles. The predicted molar refractivity (Wildman–Crippen MR) is 82.7 cm³/mol. The highest BCUT2D eigenvalue weighted by Gasteiger charge is 2.10. The minimum Gasteiger partial charge on any atom is -0.491 e. The van der Waals surface area contributed by atoms with Crippen LogP contribution in [0.15, 0.2) is 42.9 Å². The number of fused-ring (bicyclic) bond motifs is 1. The normalized spacial score (nSPS) is 12.3. The van der Waals surface area contributed by atoms with Gasteiger partial charge in [0.15, 0.2) is 5.65 Å². The number of para-hydroxylation sites is 1. The molecule has 3 aromatic rings. The van der Waals surface area contributed by atoms with E-state index in [2.05, 4.69) is 20.4 Å². The lowest BCUT2D eigenvalue weighted by atomic mass is 10.3. The van der Waals surface area contributed by atoms with Crippen LogP contribution in [-0.4, -0.2) is 44.1 Å². The molecule has 0 amide bonds. The molecule has 22 heavy (non-hydrogen) atoms. The van der Waals surface area contributed by atoms with E-state index in [1.807, 2.05) is 37.4 Å². The van der Waals surface area contributed by atoms with Crippen molar-refractivity contribution in [1.29, 1.82) is 0 Å². The number of anilines is 1. The van der Waals surface area contributed by atoms with Crippen LogP contribution in [0.5, 0.6) is 5.75 Å². The molecule has 1 atom stereocenters. The molecule has 1 aromatic carbocycles. The van der Waals surface area contributed by atoms with Gasteiger partial charge >= 0.3 is 0 Å². The predicted octanol–water partition coefficient (Wildman–Crippen LogP) is 1.22. The van der Waals surface area contributed by atoms with E-state index in [4.69, 9.17) is 4.74 Å². The molecule has 2 N–H and O–H groups in total. The van der Waals surface area contributed by atoms with Gasteiger partial charge in [0.2, 0.25) is 0 Å². The third-order valence-electron chi connectivity index (χ3n) is 3.22. The molecule has 0 aliphatic rings. The largest absolute Gasteiger partial charge is 0.491 e. The molecule has 2 aromatic heterocycles. The van der Waals surface area contributed by atoms with E-state index in [0.717, 1.165) is 16.8 Å². The second-order valence-electron chi connectivity index (χ2n) is 4.89. The summed E-state index contributed by atoms with van der Waals surface area (Å²) in [6.07, 6.45) is 2.52. The van der Waals surface area contributed by atoms with Crippen molar-refractivity contribution in [2.24, 2.45) is 7.05 Å². The maximum Gasteiger partial charge on any atom is 0.163 e. The lowest BCUT2D eigenvalue weighted by Gasteiger charge is -2.13. The molecular formula is C15H17N5O2. The fourth-order valence-corrected chi connectivity index (χ4v) is 2.09. The average Bonchev–Trinajstić information content (AvgIpc) is 2.94. The van der Waals surface area contributed by atoms with Crippen LogP contribution in [0.4, 0.5) is 5.82 Å². The number of hydrogen-bond donors (Lipinski definition) is 2. The Morgan fingerprint density at radius 2 is 2.09 bits per heavy atom. The smallest absolute Gasteiger partial charge is 0.163 e. The van der Waals surface area contributed by atoms with Crippen LogP contribution in [0, 0.1) is 0 Å². The van der Waals surface area contributed by atoms with Gasteiger partial charge in [0.25, 0.3) is 0 Å². The van der Waals surface area contributed by atoms with Gasteiger partial charge < -0.3 is 15.2 Å². The molecule has 0 radical (unpaired) electrons. The summed E-state index contributed by atoms with van der Waals surface area (Å²) >= 11 is 0. The number of aliphatic hydroxyl groups is 1. The Morgan fingerprint density at radius 3 is 2.91 bits per heavy atom. The van der Waals surface area contributed by atoms with Crippen LogP contribution in [-0.2, 0) is 7.05 Å². The first-order chi connectivity index (χ1) is 10.7. The third kappa shape index (κ3) is 3.15. The van der Waals surface area contributed by atoms with Gasteiger partial charge in [-0.1, -0.05) is 18.2 Å². The number of nitrogens with one attached hydrogen (secondary N) is 1. The number of benzene rings is 1. The Bertz CT molecular complexity index is 744. The maximum atomic E-state index is 10.00. The molecule has 0 fully saturated rings. The van der Waals surface area contributed by atoms with Crippen LogP contribution in [0.25, 0.3) is 11.0 Å². The van der Waals surface area contributed by atoms with Crippen molar-refractivity contribution in [1.82, 2.24) is 19.7 Å². The van der Waals surface area contributed by atoms with Gasteiger partial charge in [-0.25, -0.2) is 9.97 Å². The number of aliphatic hydroxyl groups excluding tert-OH is 1. The zero-order valence-electron chi connectivity index (χ0n) is 12.2. The lowest BCUT2D eigenvalue weighted by molar-refractivity contribution is 0.117. The van der Waals surface area contributed by atoms with Crippen LogP contribution in [0.1, 0.15) is 0 Å². The molecule has 0 aliphatic heterocycles. The number of nitrogens with zero attached hydrogens (tertiary/aromatic N) is 4. The van der Waals surface area contributed by atoms with Crippen molar-refractivity contribution in [2.45, 2.75) is 6.10 Å². The monoisotopic (exact) mass is 299 g/mol. The van der Waals surface area contributed by atoms with E-state index in [1.165, 1.54) is 6.33 Å². The number of hydrogen-bond acceptors (Lipinski definition) is 6. The Morgan fingerprint density at radius 1 is 1.27 bits per heavy atom. The summed E-state index contributed by atoms with van der Waals surface area (Å²) in [6.45, 7) is 0.534. The van der Waals surface area contributed by atoms with Gasteiger partial charge in [0.05, 0.1) is 11.6 Å². The van der Waals surface area contributed by atoms with Crippen molar-refractivity contribution >= 4 is 16.9 Å². The number of ether oxygens (including phenoxy) is 1. The summed E-state index contributed by atoms with van der Waals surface area (Å²) < 4.78 is 7.19. The van der Waals surface area contributed by atoms with E-state index in [-0.39, 0.29) is 6.61 Å². The van der Waals surface area contributed by atoms with E-state index < -0.39 is 6.10 Å². The zero-order valence-corrected chi connectivity index (χ0v) is 12.2. The SMILES string of the molecule is Cn1ncc2c(NC[C@H](O)COc3ccccc3)ncnc21. The molecule has 7 heteroatoms. The van der Waals surface area contributed by atoms with Crippen LogP contribution in [0.2, 0.25) is 0 Å². The molecular weight excluding hydrogens is 282 g/mol. The van der Waals surface area contributed by atoms with Gasteiger partial charge in [0.1, 0.15) is 30.6 Å². The molecule has 0 unspecified atom stereocenters. The minimum absolute atomic E-state index is 0.207. The molecule has 0 spiro atoms. The van der Waals surface area contributed by atoms with Gasteiger partial charge in [0, 0.05) is 13.6 Å². The van der Waals surface area contributed by atoms with Crippen molar-refractivity contribution in [2.75, 3.05) is 18.5 Å². The standard InChI is InChI=1S/C15H17N5O2/c1-20-15-13(8-19-20)14(17-10-18-15)16-7-11(21)9-22-12-5-3-2-4-6-12/h2-6,8,10-11,21H,7,9H2,1H3,(H,16,17,18)/t11-/m0/s1. The fraction of sp³-hybridized carbons (Fsp3) is 0.267. The Hall–Kier alpha value is -2.67. The summed E-state index contributed by atoms with van der Waals surface area (Å²) in [4.78, 5) is 8.35. The van der Waals surface area contributed by atoms with Crippen molar-refractivity contribution < 1.29 is 9.84 Å². The maximum absolute atomic E-state index is 10.00. The third-order valence-corrected chi connectivity index (χ3v) is 3.22. The highest BCUT2D eigenvalue weighted by atomic mass is 16.5. The first-order valence-electron chi connectivity index (χ1n) is 6.96. The molecule has 0 aliphatic carbocycles. The molecule has 114 valence electrons. The molecule has 2 heterocycles. The number of aromatic nitrogens is 4. The lowest BCUT2D eigenvalue weighted by Crippen LogP contribution is -2.26. The second-order valence-corrected chi connectivity index (χ2v) is 4.89. The van der Waals surface area contributed by atoms with E-state index in [1.54, 1.807) is 10.9 Å². The molecule has 7 nitrogen and oxygen atoms in total. The first-order valence-corrected chi connectivity index (χ1v) is 6.96. The molecule has 0 bridgehead atoms. The first kappa shape index (κ1) is 14.3. The zero-order chi connectivity index (χ0) is 15.4. The number of rotatable bonds is 6. The summed E-state index contributed by atoms with van der Waals surface area (Å²) in [5.74, 6) is 1.38. The van der Waals surface area contributed by atoms with Gasteiger partial charge in [-0.05, 0) is 12.1 Å². The van der Waals surface area contributed by atoms with Gasteiger partial charge in [-0.2, -0.15) is 5.10 Å². The van der Waals surface area contributed by atoms with Gasteiger partial charge in [-0.15, -0.1) is 0 Å². The Kier molecular flexibility index (Phi) is 4.15. The van der Waals surface area contributed by atoms with E-state index >= 15 is 0 Å². The van der Waals surface area contributed by atoms with Crippen molar-refractivity contribution in [3.05, 3.63) is 42.9 Å². The summed E-state index contributed by atoms with van der Waals surface area (Å²) in [7, 11) is 1.82. The van der Waals surface area contributed by atoms with E-state index in [0.29, 0.717) is 12.4 Å². The molecule has 0 saturated heterocycles. The average molecular weight is 299 g/mol. The van der Waals surface area contributed by atoms with Crippen LogP contribution >= 0.6 is 0 Å². The Labute approximate surface area is 127 Å². The molecule has 3 rings (SSSR count). The van der Waals surface area contributed by atoms with Crippen LogP contribution < -0.4 is 10.1 Å². The minimum atomic E-state index is -0.651. The summed E-state index contributed by atoms with van der Waals surface area (Å²) in [5, 5.41) is 18.1. The second kappa shape index (κ2) is 6.40. The van der Waals surface area contributed by atoms with E-state index in [9.17, 15) is 5.11 Å². The highest BCUT2D eigenvalue weighted by Crippen LogP contribution is 2.17. The van der Waals surface area contributed by atoms with Crippen molar-refractivity contribution in [3.63, 3.8) is 0 Å². The van der Waals surface area contributed by atoms with Gasteiger partial charge in [-0.3, -0.25) is 4.68 Å². The van der Waals surface area contributed by atoms with Crippen LogP contribution in [0.3, 0.4) is 0 Å². The fourth-order valence-electron chi connectivity index (χ4n) is 2.09. The summed E-state index contributed by atoms with van der Waals surface area (Å²) in [6, 6.07) is 9.40. The summed E-state index contributed by atoms with van der Waals surface area (Å²) in [5.41, 5.74) is 0.743. The topological polar surface area (TPSA) is 85.1 Å². The number of aryl methyl sites for hydroxylation is 1. The highest BCUT2D eigenvalue weighted by molar-refractivity contribution is 5.85. The quantitative estimate of drug-likeness (QED) is 0.712. The Balaban J connectivity index is 1.57.